The van der Waals surface area contributed by atoms with Gasteiger partial charge in [0.1, 0.15) is 5.02 Å². The van der Waals surface area contributed by atoms with Crippen molar-refractivity contribution in [2.45, 2.75) is 26.9 Å². The van der Waals surface area contributed by atoms with E-state index < -0.39 is 0 Å². The third-order valence-corrected chi connectivity index (χ3v) is 3.60. The van der Waals surface area contributed by atoms with E-state index in [1.807, 2.05) is 50.0 Å². The molecular weight excluding hydrogens is 314 g/mol. The van der Waals surface area contributed by atoms with Gasteiger partial charge in [-0.1, -0.05) is 29.8 Å². The fourth-order valence-electron chi connectivity index (χ4n) is 2.26. The van der Waals surface area contributed by atoms with Crippen LogP contribution >= 0.6 is 11.6 Å². The van der Waals surface area contributed by atoms with Gasteiger partial charge >= 0.3 is 0 Å². The highest BCUT2D eigenvalue weighted by Crippen LogP contribution is 2.27. The monoisotopic (exact) mass is 331 g/mol. The second-order valence-corrected chi connectivity index (χ2v) is 5.95. The Morgan fingerprint density at radius 2 is 2.09 bits per heavy atom. The minimum Gasteiger partial charge on any atom is -0.474 e. The summed E-state index contributed by atoms with van der Waals surface area (Å²) >= 11 is 6.22. The molecule has 1 aliphatic rings. The van der Waals surface area contributed by atoms with Crippen LogP contribution < -0.4 is 9.75 Å². The summed E-state index contributed by atoms with van der Waals surface area (Å²) in [5.41, 5.74) is 2.88. The van der Waals surface area contributed by atoms with Crippen LogP contribution in [-0.2, 0) is 4.74 Å². The molecule has 0 N–H and O–H groups in total. The lowest BCUT2D eigenvalue weighted by Crippen LogP contribution is -2.13. The Labute approximate surface area is 140 Å². The summed E-state index contributed by atoms with van der Waals surface area (Å²) in [6.45, 7) is 6.26. The number of hydrazone groups is 1. The first-order chi connectivity index (χ1) is 11.0. The molecule has 0 aliphatic carbocycles. The Bertz CT molecular complexity index is 746. The van der Waals surface area contributed by atoms with Crippen molar-refractivity contribution in [3.8, 4) is 5.88 Å². The van der Waals surface area contributed by atoms with E-state index in [1.165, 1.54) is 0 Å². The molecule has 3 rings (SSSR count). The fraction of sp³-hybridized carbons (Fsp3) is 0.294. The molecule has 120 valence electrons. The van der Waals surface area contributed by atoms with Crippen molar-refractivity contribution in [2.75, 3.05) is 11.7 Å². The number of ether oxygens (including phenoxy) is 2. The molecule has 0 spiro atoms. The molecule has 0 unspecified atom stereocenters. The van der Waals surface area contributed by atoms with Gasteiger partial charge in [0.15, 0.2) is 6.73 Å². The van der Waals surface area contributed by atoms with Crippen LogP contribution in [0.25, 0.3) is 0 Å². The number of aryl methyl sites for hydroxylation is 1. The minimum absolute atomic E-state index is 0.0162. The van der Waals surface area contributed by atoms with Crippen molar-refractivity contribution < 1.29 is 9.47 Å². The van der Waals surface area contributed by atoms with Crippen LogP contribution in [-0.4, -0.2) is 23.7 Å². The Morgan fingerprint density at radius 3 is 2.78 bits per heavy atom. The molecule has 1 aromatic carbocycles. The van der Waals surface area contributed by atoms with E-state index in [-0.39, 0.29) is 6.10 Å². The number of hydrogen-bond acceptors (Lipinski definition) is 5. The molecule has 0 bridgehead atoms. The minimum atomic E-state index is 0.0162. The topological polar surface area (TPSA) is 47.0 Å². The maximum absolute atomic E-state index is 6.22. The summed E-state index contributed by atoms with van der Waals surface area (Å²) in [7, 11) is 0. The number of halogens is 1. The van der Waals surface area contributed by atoms with Crippen molar-refractivity contribution >= 4 is 23.2 Å². The molecular formula is C17H18ClN3O2. The molecule has 1 aromatic heterocycles. The lowest BCUT2D eigenvalue weighted by Gasteiger charge is -2.13. The molecule has 5 nitrogen and oxygen atoms in total. The number of hydrogen-bond donors (Lipinski definition) is 0. The maximum Gasteiger partial charge on any atom is 0.242 e. The predicted molar refractivity (Wildman–Crippen MR) is 91.2 cm³/mol. The number of pyridine rings is 1. The zero-order valence-electron chi connectivity index (χ0n) is 13.3. The fourth-order valence-corrected chi connectivity index (χ4v) is 2.47. The summed E-state index contributed by atoms with van der Waals surface area (Å²) in [4.78, 5) is 4.24. The van der Waals surface area contributed by atoms with Gasteiger partial charge in [0.05, 0.1) is 17.4 Å². The smallest absolute Gasteiger partial charge is 0.242 e. The standard InChI is InChI=1S/C17H18ClN3O2/c1-11(2)23-17-14(18)8-13(9-19-17)16-20-21(10-22-16)15-7-5-4-6-12(15)3/h4-9,11H,10H2,1-3H3. The normalized spacial score (nSPS) is 14.0. The third-order valence-electron chi connectivity index (χ3n) is 3.33. The number of anilines is 1. The summed E-state index contributed by atoms with van der Waals surface area (Å²) < 4.78 is 11.2. The Balaban J connectivity index is 1.84. The lowest BCUT2D eigenvalue weighted by molar-refractivity contribution is 0.233. The molecule has 0 saturated carbocycles. The third kappa shape index (κ3) is 3.40. The first-order valence-corrected chi connectivity index (χ1v) is 7.79. The van der Waals surface area contributed by atoms with Gasteiger partial charge in [-0.2, -0.15) is 0 Å². The number of benzene rings is 1. The highest BCUT2D eigenvalue weighted by Gasteiger charge is 2.21. The number of para-hydroxylation sites is 1. The molecule has 6 heteroatoms. The van der Waals surface area contributed by atoms with Crippen molar-refractivity contribution in [1.29, 1.82) is 0 Å². The van der Waals surface area contributed by atoms with Gasteiger partial charge in [0, 0.05) is 6.20 Å². The Kier molecular flexibility index (Phi) is 4.39. The quantitative estimate of drug-likeness (QED) is 0.850. The van der Waals surface area contributed by atoms with E-state index >= 15 is 0 Å². The number of aromatic nitrogens is 1. The first-order valence-electron chi connectivity index (χ1n) is 7.41. The van der Waals surface area contributed by atoms with Crippen LogP contribution in [0, 0.1) is 6.92 Å². The van der Waals surface area contributed by atoms with Gasteiger partial charge < -0.3 is 9.47 Å². The van der Waals surface area contributed by atoms with Crippen LogP contribution in [0.5, 0.6) is 5.88 Å². The number of rotatable bonds is 4. The second kappa shape index (κ2) is 6.46. The van der Waals surface area contributed by atoms with Crippen LogP contribution in [0.1, 0.15) is 25.0 Å². The SMILES string of the molecule is Cc1ccccc1N1COC(c2cnc(OC(C)C)c(Cl)c2)=N1. The Hall–Kier alpha value is -2.27. The van der Waals surface area contributed by atoms with Crippen LogP contribution in [0.3, 0.4) is 0 Å². The van der Waals surface area contributed by atoms with Crippen LogP contribution in [0.2, 0.25) is 5.02 Å². The molecule has 2 heterocycles. The zero-order valence-corrected chi connectivity index (χ0v) is 14.0. The van der Waals surface area contributed by atoms with E-state index in [1.54, 1.807) is 12.3 Å². The summed E-state index contributed by atoms with van der Waals surface area (Å²) in [5.74, 6) is 0.915. The molecule has 0 fully saturated rings. The second-order valence-electron chi connectivity index (χ2n) is 5.54. The Morgan fingerprint density at radius 1 is 1.30 bits per heavy atom. The first kappa shape index (κ1) is 15.6. The van der Waals surface area contributed by atoms with Gasteiger partial charge in [-0.05, 0) is 38.5 Å². The average molecular weight is 332 g/mol. The zero-order chi connectivity index (χ0) is 16.4. The van der Waals surface area contributed by atoms with Gasteiger partial charge in [-0.15, -0.1) is 5.10 Å². The van der Waals surface area contributed by atoms with Gasteiger partial charge in [-0.25, -0.2) is 9.99 Å². The molecule has 23 heavy (non-hydrogen) atoms. The molecule has 1 aliphatic heterocycles. The van der Waals surface area contributed by atoms with Crippen LogP contribution in [0.4, 0.5) is 5.69 Å². The average Bonchev–Trinajstić information content (AvgIpc) is 2.99. The summed E-state index contributed by atoms with van der Waals surface area (Å²) in [6, 6.07) is 9.78. The molecule has 2 aromatic rings. The number of nitrogens with zero attached hydrogens (tertiary/aromatic N) is 3. The van der Waals surface area contributed by atoms with E-state index in [0.29, 0.717) is 23.5 Å². The van der Waals surface area contributed by atoms with Gasteiger partial charge in [0.25, 0.3) is 0 Å². The van der Waals surface area contributed by atoms with Crippen molar-refractivity contribution in [3.05, 3.63) is 52.7 Å². The predicted octanol–water partition coefficient (Wildman–Crippen LogP) is 3.99. The van der Waals surface area contributed by atoms with Gasteiger partial charge in [0.2, 0.25) is 11.8 Å². The molecule has 0 amide bonds. The highest BCUT2D eigenvalue weighted by atomic mass is 35.5. The largest absolute Gasteiger partial charge is 0.474 e. The molecule has 0 atom stereocenters. The van der Waals surface area contributed by atoms with Crippen molar-refractivity contribution in [2.24, 2.45) is 5.10 Å². The van der Waals surface area contributed by atoms with E-state index in [2.05, 4.69) is 10.1 Å². The van der Waals surface area contributed by atoms with Crippen molar-refractivity contribution in [3.63, 3.8) is 0 Å². The van der Waals surface area contributed by atoms with Gasteiger partial charge in [-0.3, -0.25) is 0 Å². The molecule has 0 saturated heterocycles. The van der Waals surface area contributed by atoms with Crippen molar-refractivity contribution in [1.82, 2.24) is 4.98 Å². The summed E-state index contributed by atoms with van der Waals surface area (Å²) in [6.07, 6.45) is 1.67. The van der Waals surface area contributed by atoms with E-state index in [0.717, 1.165) is 16.8 Å². The van der Waals surface area contributed by atoms with E-state index in [4.69, 9.17) is 21.1 Å². The molecule has 0 radical (unpaired) electrons. The maximum atomic E-state index is 6.22. The van der Waals surface area contributed by atoms with Crippen LogP contribution in [0.15, 0.2) is 41.6 Å². The summed E-state index contributed by atoms with van der Waals surface area (Å²) in [5, 5.41) is 6.77. The highest BCUT2D eigenvalue weighted by molar-refractivity contribution is 6.32. The van der Waals surface area contributed by atoms with E-state index in [9.17, 15) is 0 Å². The lowest BCUT2D eigenvalue weighted by atomic mass is 10.2.